The minimum atomic E-state index is -3.17. The Morgan fingerprint density at radius 1 is 0.571 bits per heavy atom. The van der Waals surface area contributed by atoms with E-state index in [0.717, 1.165) is 0 Å². The molecule has 0 aliphatic carbocycles. The molecular formula is C28H45NO27. The number of carboxylic acid groups (broad SMARTS) is 3. The van der Waals surface area contributed by atoms with E-state index in [1.165, 1.54) is 0 Å². The maximum absolute atomic E-state index is 12.0. The fourth-order valence-electron chi connectivity index (χ4n) is 3.23. The number of carbonyl (C=O) groups excluding carboxylic acids is 6. The molecule has 2 unspecified atom stereocenters. The van der Waals surface area contributed by atoms with Crippen LogP contribution in [0.25, 0.3) is 0 Å². The molecule has 0 spiro atoms. The summed E-state index contributed by atoms with van der Waals surface area (Å²) in [6, 6.07) is -1.33. The van der Waals surface area contributed by atoms with Crippen molar-refractivity contribution >= 4 is 54.7 Å². The summed E-state index contributed by atoms with van der Waals surface area (Å²) in [5, 5.41) is 133. The maximum Gasteiger partial charge on any atom is 0.349 e. The van der Waals surface area contributed by atoms with Crippen molar-refractivity contribution in [2.75, 3.05) is 26.4 Å². The third-order valence-electron chi connectivity index (χ3n) is 6.39. The van der Waals surface area contributed by atoms with E-state index in [0.29, 0.717) is 0 Å². The van der Waals surface area contributed by atoms with Gasteiger partial charge in [-0.2, -0.15) is 0 Å². The van der Waals surface area contributed by atoms with E-state index >= 15 is 0 Å². The van der Waals surface area contributed by atoms with Crippen LogP contribution in [-0.4, -0.2) is 230 Å². The summed E-state index contributed by atoms with van der Waals surface area (Å²) in [7, 11) is 0. The van der Waals surface area contributed by atoms with Crippen LogP contribution in [0.5, 0.6) is 0 Å². The summed E-state index contributed by atoms with van der Waals surface area (Å²) in [6.07, 6.45) is -22.6. The van der Waals surface area contributed by atoms with Gasteiger partial charge in [0, 0.05) is 0 Å². The van der Waals surface area contributed by atoms with Crippen LogP contribution in [0.1, 0.15) is 19.3 Å². The fourth-order valence-corrected chi connectivity index (χ4v) is 3.23. The van der Waals surface area contributed by atoms with Crippen molar-refractivity contribution in [2.45, 2.75) is 91.9 Å². The molecule has 0 amide bonds. The van der Waals surface area contributed by atoms with E-state index in [1.807, 2.05) is 0 Å². The number of aldehydes is 3. The molecule has 324 valence electrons. The van der Waals surface area contributed by atoms with E-state index in [9.17, 15) is 68.7 Å². The van der Waals surface area contributed by atoms with Gasteiger partial charge in [-0.1, -0.05) is 0 Å². The average Bonchev–Trinajstić information content (AvgIpc) is 3.15. The van der Waals surface area contributed by atoms with Crippen LogP contribution < -0.4 is 5.73 Å². The van der Waals surface area contributed by atoms with Crippen molar-refractivity contribution in [3.05, 3.63) is 0 Å². The number of carbonyl (C=O) groups is 9. The number of aliphatic carboxylic acids is 3. The SMILES string of the molecule is N[C@@H](CO)C(=O)O[C@@H](C=O)[C@@H](O)[C@H](O)CO.O=C[C@@H](O)[C@H](O)[C@H](O)CO.O=C[C@H](OC(=O)CC(CC(=O)O)(OC(=O)C(O)CC(=O)O)C(=O)O)[C@@H](O)[C@@H](O)CO. The molecule has 0 aromatic carbocycles. The second kappa shape index (κ2) is 28.7. The van der Waals surface area contributed by atoms with Crippen molar-refractivity contribution in [3.63, 3.8) is 0 Å². The van der Waals surface area contributed by atoms with Gasteiger partial charge < -0.3 is 101 Å². The summed E-state index contributed by atoms with van der Waals surface area (Å²) in [4.78, 5) is 99.1. The normalized spacial score (nSPS) is 17.7. The monoisotopic (exact) mass is 827 g/mol. The highest BCUT2D eigenvalue weighted by molar-refractivity contribution is 5.92. The lowest BCUT2D eigenvalue weighted by molar-refractivity contribution is -0.194. The highest BCUT2D eigenvalue weighted by Crippen LogP contribution is 2.25. The van der Waals surface area contributed by atoms with Gasteiger partial charge in [-0.3, -0.25) is 28.8 Å². The lowest BCUT2D eigenvalue weighted by atomic mass is 9.95. The molecule has 0 aliphatic heterocycles. The Morgan fingerprint density at radius 2 is 1.00 bits per heavy atom. The van der Waals surface area contributed by atoms with Gasteiger partial charge in [-0.15, -0.1) is 0 Å². The van der Waals surface area contributed by atoms with Crippen LogP contribution in [-0.2, 0) is 57.4 Å². The first-order valence-corrected chi connectivity index (χ1v) is 15.2. The lowest BCUT2D eigenvalue weighted by Crippen LogP contribution is -2.50. The number of hydrogen-bond donors (Lipinski definition) is 16. The standard InChI is InChI=1S/C15H20O15.C8H15NO7.C5H10O5/c16-4-7(19)12(25)8(5-17)29-11(24)3-15(14(27)28,2-10(22)23)30-13(26)6(18)1-9(20)21;9-4(1-10)8(15)16-6(3-12)7(14)5(13)2-11;6-1-3(8)5(10)4(9)2-7/h5-8,12,16,18-19,25H,1-4H2,(H,20,21)(H,22,23)(H,27,28);3-7,10-11,13-14H,1-2,9H2;1,3-5,7-10H,2H2/t6?,7-,8-,12-,15?;4-,5+,6-,7-;3-,4-,5+/m001/s1. The topological polar surface area (TPSA) is 511 Å². The van der Waals surface area contributed by atoms with Crippen LogP contribution in [0.2, 0.25) is 0 Å². The zero-order valence-corrected chi connectivity index (χ0v) is 28.7. The Kier molecular flexibility index (Phi) is 28.5. The smallest absolute Gasteiger partial charge is 0.349 e. The minimum Gasteiger partial charge on any atom is -0.481 e. The molecule has 0 fully saturated rings. The third-order valence-corrected chi connectivity index (χ3v) is 6.39. The van der Waals surface area contributed by atoms with E-state index in [2.05, 4.69) is 14.2 Å². The number of hydrogen-bond acceptors (Lipinski definition) is 25. The van der Waals surface area contributed by atoms with Crippen molar-refractivity contribution < 1.29 is 134 Å². The molecule has 0 aliphatic rings. The summed E-state index contributed by atoms with van der Waals surface area (Å²) in [6.45, 7) is -3.20. The molecule has 28 heteroatoms. The molecule has 0 bridgehead atoms. The van der Waals surface area contributed by atoms with Gasteiger partial charge in [0.05, 0.1) is 45.7 Å². The first-order chi connectivity index (χ1) is 25.9. The van der Waals surface area contributed by atoms with Crippen LogP contribution in [0.4, 0.5) is 0 Å². The molecule has 0 saturated heterocycles. The quantitative estimate of drug-likeness (QED) is 0.0231. The largest absolute Gasteiger partial charge is 0.481 e. The van der Waals surface area contributed by atoms with E-state index < -0.39 is 154 Å². The second-order valence-electron chi connectivity index (χ2n) is 10.8. The van der Waals surface area contributed by atoms with Crippen LogP contribution >= 0.6 is 0 Å². The molecule has 12 atom stereocenters. The van der Waals surface area contributed by atoms with E-state index in [1.54, 1.807) is 0 Å². The number of nitrogens with two attached hydrogens (primary N) is 1. The number of esters is 3. The summed E-state index contributed by atoms with van der Waals surface area (Å²) in [5.41, 5.74) is 1.92. The first-order valence-electron chi connectivity index (χ1n) is 15.2. The second-order valence-corrected chi connectivity index (χ2v) is 10.8. The van der Waals surface area contributed by atoms with E-state index in [-0.39, 0.29) is 18.9 Å². The molecule has 56 heavy (non-hydrogen) atoms. The zero-order valence-electron chi connectivity index (χ0n) is 28.7. The molecule has 0 saturated carbocycles. The predicted molar refractivity (Wildman–Crippen MR) is 168 cm³/mol. The lowest BCUT2D eigenvalue weighted by Gasteiger charge is -2.29. The number of rotatable bonds is 25. The molecule has 0 radical (unpaired) electrons. The van der Waals surface area contributed by atoms with Gasteiger partial charge in [0.15, 0.2) is 37.2 Å². The summed E-state index contributed by atoms with van der Waals surface area (Å²) in [5.74, 6) is -10.4. The van der Waals surface area contributed by atoms with Gasteiger partial charge in [0.1, 0.15) is 48.8 Å². The Morgan fingerprint density at radius 3 is 1.34 bits per heavy atom. The molecule has 0 heterocycles. The maximum atomic E-state index is 12.0. The molecule has 17 N–H and O–H groups in total. The van der Waals surface area contributed by atoms with Crippen molar-refractivity contribution in [2.24, 2.45) is 5.73 Å². The van der Waals surface area contributed by atoms with Crippen LogP contribution in [0, 0.1) is 0 Å². The Labute approximate surface area is 313 Å². The average molecular weight is 828 g/mol. The van der Waals surface area contributed by atoms with Crippen LogP contribution in [0.15, 0.2) is 0 Å². The fraction of sp³-hybridized carbons (Fsp3) is 0.679. The molecule has 0 rings (SSSR count). The van der Waals surface area contributed by atoms with Crippen LogP contribution in [0.3, 0.4) is 0 Å². The van der Waals surface area contributed by atoms with E-state index in [4.69, 9.17) is 56.8 Å². The van der Waals surface area contributed by atoms with Gasteiger partial charge in [-0.25, -0.2) is 9.59 Å². The third kappa shape index (κ3) is 20.8. The number of aliphatic hydroxyl groups excluding tert-OH is 12. The van der Waals surface area contributed by atoms with Crippen molar-refractivity contribution in [1.82, 2.24) is 0 Å². The highest BCUT2D eigenvalue weighted by Gasteiger charge is 2.49. The Hall–Kier alpha value is -4.69. The highest BCUT2D eigenvalue weighted by atomic mass is 16.6. The van der Waals surface area contributed by atoms with Crippen molar-refractivity contribution in [1.29, 1.82) is 0 Å². The number of carboxylic acids is 3. The minimum absolute atomic E-state index is 0.0869. The summed E-state index contributed by atoms with van der Waals surface area (Å²) >= 11 is 0. The molecule has 28 nitrogen and oxygen atoms in total. The number of ether oxygens (including phenoxy) is 3. The molecular weight excluding hydrogens is 782 g/mol. The van der Waals surface area contributed by atoms with Gasteiger partial charge in [-0.05, 0) is 0 Å². The Bertz CT molecular complexity index is 1260. The van der Waals surface area contributed by atoms with Crippen molar-refractivity contribution in [3.8, 4) is 0 Å². The molecule has 0 aromatic heterocycles. The van der Waals surface area contributed by atoms with Gasteiger partial charge >= 0.3 is 35.8 Å². The molecule has 0 aromatic rings. The van der Waals surface area contributed by atoms with Gasteiger partial charge in [0.25, 0.3) is 0 Å². The van der Waals surface area contributed by atoms with Gasteiger partial charge in [0.2, 0.25) is 5.60 Å². The summed E-state index contributed by atoms with van der Waals surface area (Å²) < 4.78 is 13.3. The Balaban J connectivity index is -0.000000894. The first kappa shape index (κ1) is 55.6. The predicted octanol–water partition coefficient (Wildman–Crippen LogP) is -10.7. The zero-order chi connectivity index (χ0) is 44.5. The number of aliphatic hydroxyl groups is 12.